The fraction of sp³-hybridized carbons (Fsp3) is 1.00. The Bertz CT molecular complexity index is 59.6. The van der Waals surface area contributed by atoms with Gasteiger partial charge in [0.25, 0.3) is 0 Å². The highest BCUT2D eigenvalue weighted by atomic mass is 79.9. The van der Waals surface area contributed by atoms with Crippen LogP contribution in [0.4, 0.5) is 0 Å². The van der Waals surface area contributed by atoms with E-state index in [9.17, 15) is 0 Å². The molecule has 0 bridgehead atoms. The largest absolute Gasteiger partial charge is 0.0891 e. The summed E-state index contributed by atoms with van der Waals surface area (Å²) in [5.41, 5.74) is 0. The molecular weight excluding hydrogens is 176 g/mol. The highest BCUT2D eigenvalue weighted by Gasteiger charge is 2.09. The molecule has 0 aliphatic rings. The lowest BCUT2D eigenvalue weighted by atomic mass is 9.98. The van der Waals surface area contributed by atoms with Crippen molar-refractivity contribution < 1.29 is 0 Å². The zero-order chi connectivity index (χ0) is 7.28. The van der Waals surface area contributed by atoms with Gasteiger partial charge in [-0.2, -0.15) is 0 Å². The molecule has 0 fully saturated rings. The number of hydrogen-bond donors (Lipinski definition) is 0. The molecule has 0 amide bonds. The van der Waals surface area contributed by atoms with Crippen molar-refractivity contribution in [1.82, 2.24) is 0 Å². The Kier molecular flexibility index (Phi) is 5.56. The summed E-state index contributed by atoms with van der Waals surface area (Å²) >= 11 is 3.60. The molecule has 0 aromatic heterocycles. The van der Waals surface area contributed by atoms with E-state index in [2.05, 4.69) is 36.7 Å². The van der Waals surface area contributed by atoms with Crippen LogP contribution in [0.3, 0.4) is 0 Å². The monoisotopic (exact) mass is 192 g/mol. The summed E-state index contributed by atoms with van der Waals surface area (Å²) in [6.07, 6.45) is 3.98. The van der Waals surface area contributed by atoms with E-state index < -0.39 is 0 Å². The minimum Gasteiger partial charge on any atom is -0.0891 e. The average Bonchev–Trinajstić information content (AvgIpc) is 1.82. The molecular formula is C8H17Br. The third-order valence-corrected chi connectivity index (χ3v) is 2.58. The summed E-state index contributed by atoms with van der Waals surface area (Å²) in [5.74, 6) is 0.884. The SMILES string of the molecule is CCCC(CC)C(C)Br. The van der Waals surface area contributed by atoms with Gasteiger partial charge in [0.2, 0.25) is 0 Å². The quantitative estimate of drug-likeness (QED) is 0.598. The average molecular weight is 193 g/mol. The molecule has 0 heterocycles. The Morgan fingerprint density at radius 1 is 1.33 bits per heavy atom. The summed E-state index contributed by atoms with van der Waals surface area (Å²) in [6.45, 7) is 6.75. The van der Waals surface area contributed by atoms with Crippen LogP contribution in [0.25, 0.3) is 0 Å². The lowest BCUT2D eigenvalue weighted by Crippen LogP contribution is -2.08. The predicted molar refractivity (Wildman–Crippen MR) is 47.1 cm³/mol. The first-order chi connectivity index (χ1) is 4.22. The van der Waals surface area contributed by atoms with Gasteiger partial charge < -0.3 is 0 Å². The first-order valence-electron chi connectivity index (χ1n) is 3.86. The first-order valence-corrected chi connectivity index (χ1v) is 4.78. The van der Waals surface area contributed by atoms with Crippen molar-refractivity contribution in [2.45, 2.75) is 44.9 Å². The predicted octanol–water partition coefficient (Wildman–Crippen LogP) is 3.60. The number of rotatable bonds is 4. The minimum absolute atomic E-state index is 0.697. The lowest BCUT2D eigenvalue weighted by Gasteiger charge is -2.15. The minimum atomic E-state index is 0.697. The van der Waals surface area contributed by atoms with E-state index in [0.717, 1.165) is 5.92 Å². The lowest BCUT2D eigenvalue weighted by molar-refractivity contribution is 0.466. The molecule has 0 aromatic carbocycles. The van der Waals surface area contributed by atoms with Crippen molar-refractivity contribution in [3.63, 3.8) is 0 Å². The molecule has 0 saturated carbocycles. The zero-order valence-electron chi connectivity index (χ0n) is 6.65. The number of hydrogen-bond acceptors (Lipinski definition) is 0. The molecule has 0 radical (unpaired) electrons. The molecule has 0 nitrogen and oxygen atoms in total. The maximum atomic E-state index is 3.60. The van der Waals surface area contributed by atoms with Crippen LogP contribution in [-0.4, -0.2) is 4.83 Å². The Morgan fingerprint density at radius 2 is 1.89 bits per heavy atom. The van der Waals surface area contributed by atoms with E-state index >= 15 is 0 Å². The molecule has 2 atom stereocenters. The Labute approximate surface area is 67.2 Å². The molecule has 1 heteroatoms. The second-order valence-electron chi connectivity index (χ2n) is 2.63. The Morgan fingerprint density at radius 3 is 2.00 bits per heavy atom. The van der Waals surface area contributed by atoms with Crippen LogP contribution in [0.2, 0.25) is 0 Å². The molecule has 2 unspecified atom stereocenters. The van der Waals surface area contributed by atoms with Crippen LogP contribution < -0.4 is 0 Å². The van der Waals surface area contributed by atoms with Crippen LogP contribution in [-0.2, 0) is 0 Å². The van der Waals surface area contributed by atoms with E-state index in [0.29, 0.717) is 4.83 Å². The molecule has 9 heavy (non-hydrogen) atoms. The topological polar surface area (TPSA) is 0 Å². The third-order valence-electron chi connectivity index (χ3n) is 1.83. The summed E-state index contributed by atoms with van der Waals surface area (Å²) in [6, 6.07) is 0. The maximum Gasteiger partial charge on any atom is 0.0145 e. The molecule has 0 aromatic rings. The van der Waals surface area contributed by atoms with Crippen LogP contribution in [0, 0.1) is 5.92 Å². The van der Waals surface area contributed by atoms with E-state index in [-0.39, 0.29) is 0 Å². The van der Waals surface area contributed by atoms with E-state index in [1.165, 1.54) is 19.3 Å². The fourth-order valence-corrected chi connectivity index (χ4v) is 1.77. The molecule has 0 N–H and O–H groups in total. The van der Waals surface area contributed by atoms with Crippen molar-refractivity contribution in [1.29, 1.82) is 0 Å². The molecule has 0 aliphatic carbocycles. The van der Waals surface area contributed by atoms with Crippen molar-refractivity contribution in [3.05, 3.63) is 0 Å². The summed E-state index contributed by atoms with van der Waals surface area (Å²) in [7, 11) is 0. The van der Waals surface area contributed by atoms with Crippen LogP contribution in [0.5, 0.6) is 0 Å². The zero-order valence-corrected chi connectivity index (χ0v) is 8.24. The van der Waals surface area contributed by atoms with Crippen molar-refractivity contribution in [2.75, 3.05) is 0 Å². The first kappa shape index (κ1) is 9.48. The van der Waals surface area contributed by atoms with E-state index in [4.69, 9.17) is 0 Å². The van der Waals surface area contributed by atoms with E-state index in [1.807, 2.05) is 0 Å². The van der Waals surface area contributed by atoms with Gasteiger partial charge in [-0.25, -0.2) is 0 Å². The second-order valence-corrected chi connectivity index (χ2v) is 4.08. The van der Waals surface area contributed by atoms with Crippen LogP contribution in [0.1, 0.15) is 40.0 Å². The highest BCUT2D eigenvalue weighted by Crippen LogP contribution is 2.20. The molecule has 56 valence electrons. The summed E-state index contributed by atoms with van der Waals surface area (Å²) in [5, 5.41) is 0. The Balaban J connectivity index is 3.41. The molecule has 0 saturated heterocycles. The van der Waals surface area contributed by atoms with Gasteiger partial charge in [-0.05, 0) is 12.3 Å². The van der Waals surface area contributed by atoms with Gasteiger partial charge in [0.15, 0.2) is 0 Å². The van der Waals surface area contributed by atoms with Crippen molar-refractivity contribution >= 4 is 15.9 Å². The van der Waals surface area contributed by atoms with Crippen molar-refractivity contribution in [3.8, 4) is 0 Å². The van der Waals surface area contributed by atoms with Gasteiger partial charge in [0.05, 0.1) is 0 Å². The summed E-state index contributed by atoms with van der Waals surface area (Å²) in [4.78, 5) is 0.697. The normalized spacial score (nSPS) is 17.3. The van der Waals surface area contributed by atoms with E-state index in [1.54, 1.807) is 0 Å². The van der Waals surface area contributed by atoms with Gasteiger partial charge in [-0.3, -0.25) is 0 Å². The number of halogens is 1. The molecule has 0 aliphatic heterocycles. The summed E-state index contributed by atoms with van der Waals surface area (Å²) < 4.78 is 0. The van der Waals surface area contributed by atoms with Crippen LogP contribution in [0.15, 0.2) is 0 Å². The second kappa shape index (κ2) is 5.28. The van der Waals surface area contributed by atoms with Gasteiger partial charge in [-0.1, -0.05) is 49.5 Å². The van der Waals surface area contributed by atoms with Crippen molar-refractivity contribution in [2.24, 2.45) is 5.92 Å². The maximum absolute atomic E-state index is 3.60. The van der Waals surface area contributed by atoms with Gasteiger partial charge in [-0.15, -0.1) is 0 Å². The van der Waals surface area contributed by atoms with Gasteiger partial charge in [0, 0.05) is 4.83 Å². The number of alkyl halides is 1. The molecule has 0 rings (SSSR count). The fourth-order valence-electron chi connectivity index (χ4n) is 1.13. The van der Waals surface area contributed by atoms with Gasteiger partial charge in [0.1, 0.15) is 0 Å². The van der Waals surface area contributed by atoms with Crippen LogP contribution >= 0.6 is 15.9 Å². The smallest absolute Gasteiger partial charge is 0.0145 e. The van der Waals surface area contributed by atoms with Gasteiger partial charge >= 0.3 is 0 Å². The highest BCUT2D eigenvalue weighted by molar-refractivity contribution is 9.09. The molecule has 0 spiro atoms. The Hall–Kier alpha value is 0.480. The third kappa shape index (κ3) is 3.96. The standard InChI is InChI=1S/C8H17Br/c1-4-6-8(5-2)7(3)9/h7-8H,4-6H2,1-3H3.